The van der Waals surface area contributed by atoms with Crippen LogP contribution in [0.15, 0.2) is 18.5 Å². The molecule has 1 aromatic rings. The van der Waals surface area contributed by atoms with Gasteiger partial charge in [0.25, 0.3) is 0 Å². The first kappa shape index (κ1) is 8.76. The average Bonchev–Trinajstić information content (AvgIpc) is 2.17. The van der Waals surface area contributed by atoms with Crippen molar-refractivity contribution in [3.8, 4) is 12.3 Å². The molecule has 1 heterocycles. The molecular formula is C10H12N2. The van der Waals surface area contributed by atoms with Crippen LogP contribution >= 0.6 is 0 Å². The van der Waals surface area contributed by atoms with Gasteiger partial charge in [0.15, 0.2) is 0 Å². The fourth-order valence-corrected chi connectivity index (χ4v) is 0.975. The fourth-order valence-electron chi connectivity index (χ4n) is 0.975. The second kappa shape index (κ2) is 3.89. The minimum Gasteiger partial charge on any atom is -0.324 e. The van der Waals surface area contributed by atoms with E-state index < -0.39 is 0 Å². The Kier molecular flexibility index (Phi) is 2.84. The Morgan fingerprint density at radius 1 is 1.67 bits per heavy atom. The molecule has 1 rings (SSSR count). The summed E-state index contributed by atoms with van der Waals surface area (Å²) < 4.78 is 0. The van der Waals surface area contributed by atoms with Crippen molar-refractivity contribution in [3.63, 3.8) is 0 Å². The zero-order chi connectivity index (χ0) is 8.97. The highest BCUT2D eigenvalue weighted by atomic mass is 14.7. The molecule has 0 saturated carbocycles. The third-order valence-electron chi connectivity index (χ3n) is 1.79. The zero-order valence-corrected chi connectivity index (χ0v) is 7.12. The van der Waals surface area contributed by atoms with Gasteiger partial charge in [-0.05, 0) is 18.1 Å². The summed E-state index contributed by atoms with van der Waals surface area (Å²) in [7, 11) is 0. The topological polar surface area (TPSA) is 38.9 Å². The molecule has 2 nitrogen and oxygen atoms in total. The molecule has 2 N–H and O–H groups in total. The third kappa shape index (κ3) is 1.84. The number of nitrogens with two attached hydrogens (primary N) is 1. The maximum absolute atomic E-state index is 5.81. The van der Waals surface area contributed by atoms with Crippen molar-refractivity contribution < 1.29 is 0 Å². The van der Waals surface area contributed by atoms with E-state index in [-0.39, 0.29) is 6.04 Å². The third-order valence-corrected chi connectivity index (χ3v) is 1.79. The van der Waals surface area contributed by atoms with E-state index in [1.165, 1.54) is 0 Å². The van der Waals surface area contributed by atoms with Gasteiger partial charge in [0, 0.05) is 24.0 Å². The summed E-state index contributed by atoms with van der Waals surface area (Å²) in [4.78, 5) is 4.00. The highest BCUT2D eigenvalue weighted by Crippen LogP contribution is 2.12. The standard InChI is InChI=1S/C10H12N2/c1-3-8-5-9(7-12-6-8)10(11)4-2/h1,5-7,10H,4,11H2,2H3. The number of rotatable bonds is 2. The molecule has 1 atom stereocenters. The van der Waals surface area contributed by atoms with Gasteiger partial charge in [-0.2, -0.15) is 0 Å². The molecule has 0 aliphatic rings. The normalized spacial score (nSPS) is 12.1. The number of hydrogen-bond acceptors (Lipinski definition) is 2. The second-order valence-corrected chi connectivity index (χ2v) is 2.67. The van der Waals surface area contributed by atoms with Crippen LogP contribution in [0.3, 0.4) is 0 Å². The maximum Gasteiger partial charge on any atom is 0.0429 e. The Morgan fingerprint density at radius 2 is 2.42 bits per heavy atom. The van der Waals surface area contributed by atoms with Crippen LogP contribution in [0.1, 0.15) is 30.5 Å². The van der Waals surface area contributed by atoms with Crippen LogP contribution < -0.4 is 5.73 Å². The quantitative estimate of drug-likeness (QED) is 0.665. The van der Waals surface area contributed by atoms with Crippen LogP contribution in [0.25, 0.3) is 0 Å². The first-order chi connectivity index (χ1) is 5.77. The van der Waals surface area contributed by atoms with E-state index in [1.54, 1.807) is 12.4 Å². The van der Waals surface area contributed by atoms with Gasteiger partial charge < -0.3 is 5.73 Å². The molecule has 62 valence electrons. The predicted molar refractivity (Wildman–Crippen MR) is 49.4 cm³/mol. The summed E-state index contributed by atoms with van der Waals surface area (Å²) >= 11 is 0. The lowest BCUT2D eigenvalue weighted by Gasteiger charge is -2.07. The minimum absolute atomic E-state index is 0.0470. The average molecular weight is 160 g/mol. The van der Waals surface area contributed by atoms with Gasteiger partial charge in [0.1, 0.15) is 0 Å². The van der Waals surface area contributed by atoms with Crippen LogP contribution in [0.2, 0.25) is 0 Å². The highest BCUT2D eigenvalue weighted by Gasteiger charge is 2.02. The van der Waals surface area contributed by atoms with Crippen molar-refractivity contribution in [2.45, 2.75) is 19.4 Å². The highest BCUT2D eigenvalue weighted by molar-refractivity contribution is 5.32. The van der Waals surface area contributed by atoms with E-state index in [0.29, 0.717) is 0 Å². The van der Waals surface area contributed by atoms with Crippen molar-refractivity contribution in [1.29, 1.82) is 0 Å². The predicted octanol–water partition coefficient (Wildman–Crippen LogP) is 1.47. The summed E-state index contributed by atoms with van der Waals surface area (Å²) in [5.74, 6) is 2.53. The first-order valence-electron chi connectivity index (χ1n) is 3.95. The first-order valence-corrected chi connectivity index (χ1v) is 3.95. The smallest absolute Gasteiger partial charge is 0.0429 e. The molecule has 2 heteroatoms. The summed E-state index contributed by atoms with van der Waals surface area (Å²) in [6.07, 6.45) is 9.55. The molecule has 0 fully saturated rings. The van der Waals surface area contributed by atoms with E-state index in [9.17, 15) is 0 Å². The van der Waals surface area contributed by atoms with E-state index in [2.05, 4.69) is 10.9 Å². The van der Waals surface area contributed by atoms with Crippen molar-refractivity contribution in [1.82, 2.24) is 4.98 Å². The minimum atomic E-state index is 0.0470. The molecule has 0 radical (unpaired) electrons. The molecule has 12 heavy (non-hydrogen) atoms. The Bertz CT molecular complexity index is 299. The van der Waals surface area contributed by atoms with Crippen molar-refractivity contribution in [2.24, 2.45) is 5.73 Å². The van der Waals surface area contributed by atoms with Crippen LogP contribution in [-0.4, -0.2) is 4.98 Å². The summed E-state index contributed by atoms with van der Waals surface area (Å²) in [6, 6.07) is 1.95. The largest absolute Gasteiger partial charge is 0.324 e. The lowest BCUT2D eigenvalue weighted by molar-refractivity contribution is 0.695. The van der Waals surface area contributed by atoms with Gasteiger partial charge >= 0.3 is 0 Å². The Hall–Kier alpha value is -1.33. The van der Waals surface area contributed by atoms with Crippen molar-refractivity contribution >= 4 is 0 Å². The molecule has 0 aromatic carbocycles. The van der Waals surface area contributed by atoms with Crippen LogP contribution in [0.5, 0.6) is 0 Å². The van der Waals surface area contributed by atoms with Crippen LogP contribution in [-0.2, 0) is 0 Å². The Balaban J connectivity index is 2.95. The number of nitrogens with zero attached hydrogens (tertiary/aromatic N) is 1. The van der Waals surface area contributed by atoms with Gasteiger partial charge in [-0.25, -0.2) is 0 Å². The molecular weight excluding hydrogens is 148 g/mol. The van der Waals surface area contributed by atoms with Gasteiger partial charge in [-0.1, -0.05) is 12.8 Å². The van der Waals surface area contributed by atoms with E-state index in [0.717, 1.165) is 17.5 Å². The second-order valence-electron chi connectivity index (χ2n) is 2.67. The summed E-state index contributed by atoms with van der Waals surface area (Å²) in [5.41, 5.74) is 7.60. The van der Waals surface area contributed by atoms with Gasteiger partial charge in [-0.3, -0.25) is 4.98 Å². The number of terminal acetylenes is 1. The zero-order valence-electron chi connectivity index (χ0n) is 7.12. The lowest BCUT2D eigenvalue weighted by Crippen LogP contribution is -2.08. The number of aromatic nitrogens is 1. The Morgan fingerprint density at radius 3 is 3.00 bits per heavy atom. The Labute approximate surface area is 72.8 Å². The molecule has 0 saturated heterocycles. The summed E-state index contributed by atoms with van der Waals surface area (Å²) in [5, 5.41) is 0. The van der Waals surface area contributed by atoms with Gasteiger partial charge in [-0.15, -0.1) is 6.42 Å². The van der Waals surface area contributed by atoms with E-state index in [1.807, 2.05) is 13.0 Å². The SMILES string of the molecule is C#Cc1cncc(C(N)CC)c1. The van der Waals surface area contributed by atoms with Crippen molar-refractivity contribution in [3.05, 3.63) is 29.6 Å². The number of hydrogen-bond donors (Lipinski definition) is 1. The molecule has 0 amide bonds. The van der Waals surface area contributed by atoms with E-state index in [4.69, 9.17) is 12.2 Å². The van der Waals surface area contributed by atoms with Crippen LogP contribution in [0.4, 0.5) is 0 Å². The molecule has 1 aromatic heterocycles. The van der Waals surface area contributed by atoms with Crippen molar-refractivity contribution in [2.75, 3.05) is 0 Å². The maximum atomic E-state index is 5.81. The van der Waals surface area contributed by atoms with Gasteiger partial charge in [0.05, 0.1) is 0 Å². The molecule has 0 aliphatic heterocycles. The molecule has 0 bridgehead atoms. The monoisotopic (exact) mass is 160 g/mol. The molecule has 0 aliphatic carbocycles. The lowest BCUT2D eigenvalue weighted by atomic mass is 10.1. The molecule has 1 unspecified atom stereocenters. The summed E-state index contributed by atoms with van der Waals surface area (Å²) in [6.45, 7) is 2.03. The molecule has 0 spiro atoms. The number of pyridine rings is 1. The fraction of sp³-hybridized carbons (Fsp3) is 0.300. The van der Waals surface area contributed by atoms with E-state index >= 15 is 0 Å². The van der Waals surface area contributed by atoms with Gasteiger partial charge in [0.2, 0.25) is 0 Å². The van der Waals surface area contributed by atoms with Crippen LogP contribution in [0, 0.1) is 12.3 Å².